The fourth-order valence-corrected chi connectivity index (χ4v) is 1.18. The maximum atomic E-state index is 13.0. The van der Waals surface area contributed by atoms with Crippen molar-refractivity contribution in [1.29, 1.82) is 0 Å². The molecule has 4 nitrogen and oxygen atoms in total. The van der Waals surface area contributed by atoms with Crippen molar-refractivity contribution < 1.29 is 18.7 Å². The summed E-state index contributed by atoms with van der Waals surface area (Å²) >= 11 is 0. The zero-order valence-electron chi connectivity index (χ0n) is 7.15. The molecular formula is C8H5ClF2N2O2. The van der Waals surface area contributed by atoms with E-state index < -0.39 is 23.4 Å². The Morgan fingerprint density at radius 1 is 1.47 bits per heavy atom. The average molecular weight is 235 g/mol. The molecule has 0 radical (unpaired) electrons. The SMILES string of the molecule is Cl.O=C(O)c1ncc2c(F)cc(F)cn12. The Labute approximate surface area is 88.6 Å². The summed E-state index contributed by atoms with van der Waals surface area (Å²) in [5.74, 6) is -3.45. The second-order valence-corrected chi connectivity index (χ2v) is 2.65. The van der Waals surface area contributed by atoms with E-state index in [2.05, 4.69) is 4.98 Å². The van der Waals surface area contributed by atoms with Crippen molar-refractivity contribution in [1.82, 2.24) is 9.38 Å². The Bertz CT molecular complexity index is 527. The number of carbonyl (C=O) groups is 1. The van der Waals surface area contributed by atoms with Crippen molar-refractivity contribution in [2.24, 2.45) is 0 Å². The summed E-state index contributed by atoms with van der Waals surface area (Å²) < 4.78 is 26.6. The second-order valence-electron chi connectivity index (χ2n) is 2.65. The number of imidazole rings is 1. The van der Waals surface area contributed by atoms with Crippen LogP contribution in [0.3, 0.4) is 0 Å². The molecule has 0 aliphatic heterocycles. The van der Waals surface area contributed by atoms with Crippen LogP contribution in [0.1, 0.15) is 10.6 Å². The second kappa shape index (κ2) is 3.82. The molecule has 7 heteroatoms. The van der Waals surface area contributed by atoms with Crippen LogP contribution >= 0.6 is 12.4 Å². The zero-order valence-corrected chi connectivity index (χ0v) is 7.96. The number of rotatable bonds is 1. The van der Waals surface area contributed by atoms with Crippen LogP contribution in [0.2, 0.25) is 0 Å². The van der Waals surface area contributed by atoms with Gasteiger partial charge in [0, 0.05) is 12.3 Å². The highest BCUT2D eigenvalue weighted by Gasteiger charge is 2.14. The molecule has 0 atom stereocenters. The van der Waals surface area contributed by atoms with Gasteiger partial charge in [0.1, 0.15) is 11.3 Å². The lowest BCUT2D eigenvalue weighted by Gasteiger charge is -1.97. The molecule has 1 N–H and O–H groups in total. The van der Waals surface area contributed by atoms with Crippen molar-refractivity contribution in [3.63, 3.8) is 0 Å². The maximum Gasteiger partial charge on any atom is 0.372 e. The fourth-order valence-electron chi connectivity index (χ4n) is 1.18. The normalized spacial score (nSPS) is 10.0. The molecule has 0 saturated heterocycles. The minimum Gasteiger partial charge on any atom is -0.475 e. The fraction of sp³-hybridized carbons (Fsp3) is 0. The van der Waals surface area contributed by atoms with Gasteiger partial charge in [-0.15, -0.1) is 12.4 Å². The van der Waals surface area contributed by atoms with E-state index in [0.717, 1.165) is 16.8 Å². The molecule has 2 aromatic rings. The first-order valence-corrected chi connectivity index (χ1v) is 3.65. The number of hydrogen-bond donors (Lipinski definition) is 1. The van der Waals surface area contributed by atoms with Crippen LogP contribution in [0.5, 0.6) is 0 Å². The van der Waals surface area contributed by atoms with E-state index in [9.17, 15) is 13.6 Å². The van der Waals surface area contributed by atoms with Crippen molar-refractivity contribution in [3.8, 4) is 0 Å². The number of fused-ring (bicyclic) bond motifs is 1. The smallest absolute Gasteiger partial charge is 0.372 e. The summed E-state index contributed by atoms with van der Waals surface area (Å²) in [4.78, 5) is 14.0. The predicted molar refractivity (Wildman–Crippen MR) is 49.3 cm³/mol. The monoisotopic (exact) mass is 234 g/mol. The standard InChI is InChI=1S/C8H4F2N2O2.ClH/c9-4-1-5(10)6-2-11-7(8(13)14)12(6)3-4;/h1-3H,(H,13,14);1H. The lowest BCUT2D eigenvalue weighted by atomic mass is 10.4. The first-order chi connectivity index (χ1) is 6.59. The highest BCUT2D eigenvalue weighted by atomic mass is 35.5. The van der Waals surface area contributed by atoms with Crippen molar-refractivity contribution in [2.45, 2.75) is 0 Å². The third-order valence-electron chi connectivity index (χ3n) is 1.75. The van der Waals surface area contributed by atoms with Gasteiger partial charge in [0.15, 0.2) is 5.82 Å². The maximum absolute atomic E-state index is 13.0. The Balaban J connectivity index is 0.00000112. The number of aromatic nitrogens is 2. The first-order valence-electron chi connectivity index (χ1n) is 3.65. The van der Waals surface area contributed by atoms with Crippen LogP contribution < -0.4 is 0 Å². The Kier molecular flexibility index (Phi) is 2.90. The number of halogens is 3. The number of hydrogen-bond acceptors (Lipinski definition) is 2. The molecule has 0 saturated carbocycles. The van der Waals surface area contributed by atoms with Crippen LogP contribution in [0.25, 0.3) is 5.52 Å². The summed E-state index contributed by atoms with van der Waals surface area (Å²) in [6.45, 7) is 0. The number of carboxylic acid groups (broad SMARTS) is 1. The lowest BCUT2D eigenvalue weighted by molar-refractivity contribution is 0.0683. The van der Waals surface area contributed by atoms with Crippen LogP contribution in [-0.2, 0) is 0 Å². The first kappa shape index (κ1) is 11.4. The minimum absolute atomic E-state index is 0. The Morgan fingerprint density at radius 3 is 2.73 bits per heavy atom. The van der Waals surface area contributed by atoms with E-state index in [4.69, 9.17) is 5.11 Å². The van der Waals surface area contributed by atoms with Gasteiger partial charge in [-0.1, -0.05) is 0 Å². The molecule has 80 valence electrons. The number of carboxylic acids is 1. The highest BCUT2D eigenvalue weighted by molar-refractivity contribution is 5.85. The summed E-state index contributed by atoms with van der Waals surface area (Å²) in [6.07, 6.45) is 1.91. The molecule has 0 fully saturated rings. The van der Waals surface area contributed by atoms with Crippen LogP contribution in [-0.4, -0.2) is 20.5 Å². The Morgan fingerprint density at radius 2 is 2.13 bits per heavy atom. The van der Waals surface area contributed by atoms with E-state index in [-0.39, 0.29) is 17.9 Å². The largest absolute Gasteiger partial charge is 0.475 e. The third kappa shape index (κ3) is 1.75. The molecule has 2 aromatic heterocycles. The van der Waals surface area contributed by atoms with Gasteiger partial charge in [0.2, 0.25) is 5.82 Å². The van der Waals surface area contributed by atoms with Gasteiger partial charge in [-0.05, 0) is 0 Å². The highest BCUT2D eigenvalue weighted by Crippen LogP contribution is 2.13. The van der Waals surface area contributed by atoms with Crippen LogP contribution in [0, 0.1) is 11.6 Å². The van der Waals surface area contributed by atoms with Gasteiger partial charge in [0.05, 0.1) is 6.20 Å². The van der Waals surface area contributed by atoms with E-state index >= 15 is 0 Å². The summed E-state index contributed by atoms with van der Waals surface area (Å²) in [7, 11) is 0. The molecule has 0 unspecified atom stereocenters. The van der Waals surface area contributed by atoms with Gasteiger partial charge in [-0.25, -0.2) is 18.6 Å². The molecule has 0 amide bonds. The summed E-state index contributed by atoms with van der Waals surface area (Å²) in [5, 5.41) is 8.63. The molecular weight excluding hydrogens is 230 g/mol. The number of nitrogens with zero attached hydrogens (tertiary/aromatic N) is 2. The zero-order chi connectivity index (χ0) is 10.3. The van der Waals surface area contributed by atoms with Gasteiger partial charge < -0.3 is 5.11 Å². The quantitative estimate of drug-likeness (QED) is 0.818. The predicted octanol–water partition coefficient (Wildman–Crippen LogP) is 1.73. The van der Waals surface area contributed by atoms with Crippen molar-refractivity contribution in [2.75, 3.05) is 0 Å². The van der Waals surface area contributed by atoms with Gasteiger partial charge in [0.25, 0.3) is 0 Å². The van der Waals surface area contributed by atoms with Gasteiger partial charge in [-0.2, -0.15) is 0 Å². The lowest BCUT2D eigenvalue weighted by Crippen LogP contribution is -2.04. The molecule has 2 rings (SSSR count). The third-order valence-corrected chi connectivity index (χ3v) is 1.75. The van der Waals surface area contributed by atoms with E-state index in [0.29, 0.717) is 6.07 Å². The number of aromatic carboxylic acids is 1. The van der Waals surface area contributed by atoms with Crippen LogP contribution in [0.4, 0.5) is 8.78 Å². The van der Waals surface area contributed by atoms with Crippen LogP contribution in [0.15, 0.2) is 18.5 Å². The topological polar surface area (TPSA) is 54.6 Å². The van der Waals surface area contributed by atoms with E-state index in [1.807, 2.05) is 0 Å². The van der Waals surface area contributed by atoms with E-state index in [1.165, 1.54) is 0 Å². The molecule has 15 heavy (non-hydrogen) atoms. The number of pyridine rings is 1. The molecule has 0 spiro atoms. The molecule has 0 aromatic carbocycles. The molecule has 0 aliphatic carbocycles. The van der Waals surface area contributed by atoms with Gasteiger partial charge in [-0.3, -0.25) is 4.40 Å². The summed E-state index contributed by atoms with van der Waals surface area (Å²) in [6, 6.07) is 0.669. The van der Waals surface area contributed by atoms with Crippen molar-refractivity contribution >= 4 is 23.9 Å². The minimum atomic E-state index is -1.34. The van der Waals surface area contributed by atoms with E-state index in [1.54, 1.807) is 0 Å². The van der Waals surface area contributed by atoms with Gasteiger partial charge >= 0.3 is 5.97 Å². The molecule has 0 bridgehead atoms. The average Bonchev–Trinajstić information content (AvgIpc) is 2.47. The molecule has 2 heterocycles. The molecule has 0 aliphatic rings. The van der Waals surface area contributed by atoms with Crippen molar-refractivity contribution in [3.05, 3.63) is 35.9 Å². The summed E-state index contributed by atoms with van der Waals surface area (Å²) in [5.41, 5.74) is -0.0659. The Hall–Kier alpha value is -1.69.